The Hall–Kier alpha value is -1.33. The van der Waals surface area contributed by atoms with Gasteiger partial charge in [-0.15, -0.1) is 0 Å². The summed E-state index contributed by atoms with van der Waals surface area (Å²) in [6.07, 6.45) is 0. The molecule has 22 nitrogen and oxygen atoms in total. The molecule has 0 aromatic carbocycles. The summed E-state index contributed by atoms with van der Waals surface area (Å²) >= 11 is 0. The standard InChI is InChI=1S/CH2O22/c2-1-4-6-8-10-12-14-16-18-20-22-23-21-19-17-15-13-11-9-7-5-3/h1,3H. The molecule has 23 heavy (non-hydrogen) atoms. The molecule has 0 aromatic heterocycles. The molecular weight excluding hydrogens is 364 g/mol. The van der Waals surface area contributed by atoms with Crippen LogP contribution in [0.4, 0.5) is 0 Å². The van der Waals surface area contributed by atoms with Crippen LogP contribution in [-0.4, -0.2) is 11.7 Å². The van der Waals surface area contributed by atoms with Gasteiger partial charge in [-0.05, 0) is 40.3 Å². The van der Waals surface area contributed by atoms with Gasteiger partial charge in [-0.3, -0.25) is 9.68 Å². The Kier molecular flexibility index (Phi) is 19.5. The molecule has 22 heteroatoms. The molecule has 0 aliphatic heterocycles. The van der Waals surface area contributed by atoms with Crippen molar-refractivity contribution in [2.24, 2.45) is 0 Å². The molecule has 0 spiro atoms. The van der Waals surface area contributed by atoms with Gasteiger partial charge in [0.1, 0.15) is 0 Å². The number of rotatable bonds is 20. The lowest BCUT2D eigenvalue weighted by Crippen LogP contribution is -2.05. The third-order valence-electron chi connectivity index (χ3n) is 0.581. The Morgan fingerprint density at radius 3 is 0.957 bits per heavy atom. The van der Waals surface area contributed by atoms with E-state index in [2.05, 4.69) is 101 Å². The average molecular weight is 366 g/mol. The zero-order valence-electron chi connectivity index (χ0n) is 9.60. The van der Waals surface area contributed by atoms with Gasteiger partial charge < -0.3 is 0 Å². The van der Waals surface area contributed by atoms with Crippen LogP contribution in [0.25, 0.3) is 0 Å². The molecule has 0 heterocycles. The molecule has 0 amide bonds. The summed E-state index contributed by atoms with van der Waals surface area (Å²) in [4.78, 5) is 13.0. The third-order valence-corrected chi connectivity index (χ3v) is 0.581. The van der Waals surface area contributed by atoms with Crippen LogP contribution in [0.2, 0.25) is 0 Å². The zero-order chi connectivity index (χ0) is 16.8. The van der Waals surface area contributed by atoms with Gasteiger partial charge in [-0.25, -0.2) is 5.26 Å². The number of carbonyl (C=O) groups excluding carboxylic acids is 1. The Morgan fingerprint density at radius 2 is 0.696 bits per heavy atom. The van der Waals surface area contributed by atoms with E-state index >= 15 is 0 Å². The molecule has 1 N–H and O–H groups in total. The van der Waals surface area contributed by atoms with Gasteiger partial charge >= 0.3 is 6.47 Å². The average Bonchev–Trinajstić information content (AvgIpc) is 2.57. The molecule has 138 valence electrons. The second kappa shape index (κ2) is 20.7. The Bertz CT molecular complexity index is 212. The van der Waals surface area contributed by atoms with Crippen molar-refractivity contribution in [3.05, 3.63) is 0 Å². The van der Waals surface area contributed by atoms with Crippen LogP contribution in [0.5, 0.6) is 0 Å². The van der Waals surface area contributed by atoms with Gasteiger partial charge in [0, 0.05) is 55.4 Å². The monoisotopic (exact) mass is 366 g/mol. The van der Waals surface area contributed by atoms with Crippen molar-refractivity contribution < 1.29 is 111 Å². The summed E-state index contributed by atoms with van der Waals surface area (Å²) in [5.41, 5.74) is 0. The molecular formula is CH2O22. The highest BCUT2D eigenvalue weighted by molar-refractivity contribution is 5.35. The van der Waals surface area contributed by atoms with Crippen LogP contribution in [-0.2, 0) is 105 Å². The quantitative estimate of drug-likeness (QED) is 0.110. The molecule has 0 unspecified atom stereocenters. The lowest BCUT2D eigenvalue weighted by Gasteiger charge is -1.98. The highest BCUT2D eigenvalue weighted by Gasteiger charge is 2.00. The van der Waals surface area contributed by atoms with Crippen molar-refractivity contribution in [3.63, 3.8) is 0 Å². The van der Waals surface area contributed by atoms with Gasteiger partial charge in [0.05, 0.1) is 0 Å². The molecule has 0 aromatic rings. The van der Waals surface area contributed by atoms with E-state index in [1.165, 1.54) is 0 Å². The fourth-order valence-corrected chi connectivity index (χ4v) is 0.226. The second-order valence-electron chi connectivity index (χ2n) is 1.49. The van der Waals surface area contributed by atoms with Crippen molar-refractivity contribution in [2.75, 3.05) is 0 Å². The summed E-state index contributed by atoms with van der Waals surface area (Å²) in [6.45, 7) is -0.156. The molecule has 0 saturated heterocycles. The van der Waals surface area contributed by atoms with Gasteiger partial charge in [0.25, 0.3) is 0 Å². The van der Waals surface area contributed by atoms with Crippen LogP contribution >= 0.6 is 0 Å². The maximum absolute atomic E-state index is 9.48. The topological polar surface area (TPSA) is 222 Å². The molecule has 0 radical (unpaired) electrons. The molecule has 0 rings (SSSR count). The minimum Gasteiger partial charge on any atom is -0.270 e. The summed E-state index contributed by atoms with van der Waals surface area (Å²) in [5, 5.41) is 72.2. The highest BCUT2D eigenvalue weighted by atomic mass is 18.0. The number of hydrogen-bond donors (Lipinski definition) is 1. The first kappa shape index (κ1) is 21.7. The van der Waals surface area contributed by atoms with Gasteiger partial charge in [0.2, 0.25) is 0 Å². The Labute approximate surface area is 119 Å². The van der Waals surface area contributed by atoms with E-state index in [-0.39, 0.29) is 6.47 Å². The largest absolute Gasteiger partial charge is 0.334 e. The van der Waals surface area contributed by atoms with E-state index in [4.69, 9.17) is 5.26 Å². The van der Waals surface area contributed by atoms with Crippen molar-refractivity contribution in [1.29, 1.82) is 0 Å². The zero-order valence-corrected chi connectivity index (χ0v) is 9.60. The molecule has 0 aliphatic carbocycles. The van der Waals surface area contributed by atoms with Crippen LogP contribution in [0, 0.1) is 0 Å². The van der Waals surface area contributed by atoms with Crippen LogP contribution in [0.15, 0.2) is 0 Å². The minimum atomic E-state index is -0.156. The minimum absolute atomic E-state index is 0.156. The highest BCUT2D eigenvalue weighted by Crippen LogP contribution is 1.93. The first-order chi connectivity index (χ1) is 11.4. The molecule has 0 atom stereocenters. The van der Waals surface area contributed by atoms with Crippen molar-refractivity contribution in [2.45, 2.75) is 0 Å². The first-order valence-corrected chi connectivity index (χ1v) is 3.82. The normalized spacial score (nSPS) is 10.8. The maximum atomic E-state index is 9.48. The van der Waals surface area contributed by atoms with Crippen LogP contribution in [0.3, 0.4) is 0 Å². The Morgan fingerprint density at radius 1 is 0.435 bits per heavy atom. The fraction of sp³-hybridized carbons (Fsp3) is 0. The van der Waals surface area contributed by atoms with Gasteiger partial charge in [-0.1, -0.05) is 0 Å². The van der Waals surface area contributed by atoms with E-state index in [1.54, 1.807) is 0 Å². The predicted octanol–water partition coefficient (Wildman–Crippen LogP) is -1.67. The third kappa shape index (κ3) is 20.7. The molecule has 0 fully saturated rings. The van der Waals surface area contributed by atoms with Crippen molar-refractivity contribution in [3.8, 4) is 0 Å². The number of carbonyl (C=O) groups is 1. The van der Waals surface area contributed by atoms with Crippen LogP contribution in [0.1, 0.15) is 0 Å². The van der Waals surface area contributed by atoms with Crippen LogP contribution < -0.4 is 0 Å². The van der Waals surface area contributed by atoms with Gasteiger partial charge in [-0.2, -0.15) is 0 Å². The molecule has 0 aliphatic rings. The molecule has 0 saturated carbocycles. The fourth-order valence-electron chi connectivity index (χ4n) is 0.226. The maximum Gasteiger partial charge on any atom is 0.334 e. The lowest BCUT2D eigenvalue weighted by molar-refractivity contribution is -0.895. The smallest absolute Gasteiger partial charge is 0.270 e. The lowest BCUT2D eigenvalue weighted by atomic mass is 11.7. The van der Waals surface area contributed by atoms with E-state index < -0.39 is 0 Å². The van der Waals surface area contributed by atoms with E-state index in [1.807, 2.05) is 0 Å². The van der Waals surface area contributed by atoms with E-state index in [0.717, 1.165) is 0 Å². The number of hydrogen-bond acceptors (Lipinski definition) is 22. The summed E-state index contributed by atoms with van der Waals surface area (Å²) < 4.78 is 0. The van der Waals surface area contributed by atoms with Gasteiger partial charge in [0.15, 0.2) is 0 Å². The SMILES string of the molecule is O=COOOOOOOOOOOOOOOOOOOOO. The van der Waals surface area contributed by atoms with Crippen molar-refractivity contribution >= 4 is 6.47 Å². The summed E-state index contributed by atoms with van der Waals surface area (Å²) in [6, 6.07) is 0. The summed E-state index contributed by atoms with van der Waals surface area (Å²) in [5.74, 6) is 0. The van der Waals surface area contributed by atoms with E-state index in [9.17, 15) is 4.79 Å². The predicted molar refractivity (Wildman–Crippen MR) is 30.4 cm³/mol. The van der Waals surface area contributed by atoms with E-state index in [0.29, 0.717) is 0 Å². The molecule has 0 bridgehead atoms. The second-order valence-corrected chi connectivity index (χ2v) is 1.49. The van der Waals surface area contributed by atoms with Crippen molar-refractivity contribution in [1.82, 2.24) is 0 Å². The first-order valence-electron chi connectivity index (χ1n) is 3.82. The summed E-state index contributed by atoms with van der Waals surface area (Å²) in [7, 11) is 0. The Balaban J connectivity index is 2.93.